The minimum Gasteiger partial charge on any atom is -0.387 e. The van der Waals surface area contributed by atoms with Gasteiger partial charge in [-0.3, -0.25) is 4.98 Å². The highest BCUT2D eigenvalue weighted by Crippen LogP contribution is 2.45. The van der Waals surface area contributed by atoms with Crippen LogP contribution in [-0.4, -0.2) is 21.5 Å². The predicted octanol–water partition coefficient (Wildman–Crippen LogP) is 10.6. The molecule has 4 heterocycles. The summed E-state index contributed by atoms with van der Waals surface area (Å²) in [6.07, 6.45) is 9.98. The maximum Gasteiger partial charge on any atom is 0.0791 e. The number of nitrogens with one attached hydrogen (secondary N) is 1. The molecule has 4 nitrogen and oxygen atoms in total. The number of allylic oxidation sites excluding steroid dienone is 2. The Balaban J connectivity index is 1.41. The molecule has 0 bridgehead atoms. The Morgan fingerprint density at radius 1 is 0.542 bits per heavy atom. The summed E-state index contributed by atoms with van der Waals surface area (Å²) >= 11 is 0. The van der Waals surface area contributed by atoms with Crippen molar-refractivity contribution in [2.75, 3.05) is 6.54 Å². The minimum atomic E-state index is 0.804. The van der Waals surface area contributed by atoms with Gasteiger partial charge in [-0.1, -0.05) is 84.9 Å². The Bertz CT molecular complexity index is 2630. The maximum atomic E-state index is 5.40. The molecule has 0 radical (unpaired) electrons. The Morgan fingerprint density at radius 2 is 1.10 bits per heavy atom. The summed E-state index contributed by atoms with van der Waals surface area (Å²) in [6.45, 7) is 5.35. The van der Waals surface area contributed by atoms with Crippen molar-refractivity contribution in [2.24, 2.45) is 0 Å². The number of dihydropyridines is 1. The molecule has 0 amide bonds. The number of pyridine rings is 3. The minimum absolute atomic E-state index is 0.804. The number of hydrogen-bond donors (Lipinski definition) is 1. The fraction of sp³-hybridized carbons (Fsp3) is 0.0682. The third-order valence-corrected chi connectivity index (χ3v) is 9.73. The smallest absolute Gasteiger partial charge is 0.0791 e. The van der Waals surface area contributed by atoms with Gasteiger partial charge in [-0.05, 0) is 95.1 Å². The number of rotatable bonds is 4. The molecule has 9 rings (SSSR count). The van der Waals surface area contributed by atoms with Crippen molar-refractivity contribution >= 4 is 48.9 Å². The molecular weight excluding hydrogens is 585 g/mol. The normalized spacial score (nSPS) is 12.9. The van der Waals surface area contributed by atoms with E-state index in [1.54, 1.807) is 0 Å². The Hall–Kier alpha value is -6.13. The largest absolute Gasteiger partial charge is 0.387 e. The topological polar surface area (TPSA) is 50.7 Å². The van der Waals surface area contributed by atoms with Crippen LogP contribution in [0.25, 0.3) is 82.6 Å². The first-order chi connectivity index (χ1) is 23.7. The van der Waals surface area contributed by atoms with E-state index in [9.17, 15) is 0 Å². The number of aromatic nitrogens is 3. The van der Waals surface area contributed by atoms with Gasteiger partial charge in [0.2, 0.25) is 0 Å². The van der Waals surface area contributed by atoms with Gasteiger partial charge in [0.05, 0.1) is 22.4 Å². The fourth-order valence-corrected chi connectivity index (χ4v) is 7.51. The van der Waals surface area contributed by atoms with Crippen LogP contribution in [0, 0.1) is 13.8 Å². The van der Waals surface area contributed by atoms with Crippen LogP contribution < -0.4 is 5.32 Å². The lowest BCUT2D eigenvalue weighted by Gasteiger charge is -2.21. The van der Waals surface area contributed by atoms with Crippen molar-refractivity contribution in [1.82, 2.24) is 20.3 Å². The van der Waals surface area contributed by atoms with Crippen molar-refractivity contribution in [3.05, 3.63) is 157 Å². The third-order valence-electron chi connectivity index (χ3n) is 9.73. The van der Waals surface area contributed by atoms with E-state index in [0.717, 1.165) is 62.0 Å². The third kappa shape index (κ3) is 4.49. The van der Waals surface area contributed by atoms with Crippen LogP contribution >= 0.6 is 0 Å². The lowest BCUT2D eigenvalue weighted by atomic mass is 9.85. The molecule has 4 heteroatoms. The molecule has 5 aromatic carbocycles. The van der Waals surface area contributed by atoms with Gasteiger partial charge in [0.15, 0.2) is 0 Å². The van der Waals surface area contributed by atoms with Gasteiger partial charge in [0.25, 0.3) is 0 Å². The standard InChI is InChI=1S/C44H32N4/c1-27-39-35-17-3-5-19-37(35)48-44(32-14-8-12-30(24-32)34-16-10-22-46-26-34)42(39)28(2)40-36-18-4-6-20-38(36)47-43(41(27)40)31-13-7-11-29(23-31)33-15-9-21-45-25-33/h3-25,46H,26H2,1-2H3. The van der Waals surface area contributed by atoms with Crippen LogP contribution in [0.5, 0.6) is 0 Å². The summed E-state index contributed by atoms with van der Waals surface area (Å²) in [5, 5.41) is 10.5. The van der Waals surface area contributed by atoms with Crippen molar-refractivity contribution in [1.29, 1.82) is 0 Å². The molecule has 3 aromatic heterocycles. The molecule has 0 atom stereocenters. The molecule has 0 fully saturated rings. The second-order valence-corrected chi connectivity index (χ2v) is 12.5. The van der Waals surface area contributed by atoms with E-state index in [-0.39, 0.29) is 0 Å². The van der Waals surface area contributed by atoms with Gasteiger partial charge in [0.1, 0.15) is 0 Å². The number of nitrogens with zero attached hydrogens (tertiary/aromatic N) is 3. The van der Waals surface area contributed by atoms with Gasteiger partial charge in [-0.25, -0.2) is 9.97 Å². The monoisotopic (exact) mass is 616 g/mol. The van der Waals surface area contributed by atoms with Crippen LogP contribution in [-0.2, 0) is 0 Å². The summed E-state index contributed by atoms with van der Waals surface area (Å²) in [5.41, 5.74) is 13.3. The molecule has 0 spiro atoms. The van der Waals surface area contributed by atoms with E-state index in [1.165, 1.54) is 43.8 Å². The Morgan fingerprint density at radius 3 is 1.69 bits per heavy atom. The van der Waals surface area contributed by atoms with Gasteiger partial charge < -0.3 is 5.32 Å². The number of fused-ring (bicyclic) bond motifs is 6. The highest BCUT2D eigenvalue weighted by Gasteiger charge is 2.23. The summed E-state index contributed by atoms with van der Waals surface area (Å²) < 4.78 is 0. The summed E-state index contributed by atoms with van der Waals surface area (Å²) in [6, 6.07) is 38.7. The predicted molar refractivity (Wildman–Crippen MR) is 201 cm³/mol. The SMILES string of the molecule is Cc1c2c(-c3cccc(-c4cccnc4)c3)nc3ccccc3c2c(C)c2c(-c3cccc(C4=CC=CNC4)c3)nc3ccccc3c12. The fourth-order valence-electron chi connectivity index (χ4n) is 7.51. The van der Waals surface area contributed by atoms with Crippen LogP contribution in [0.1, 0.15) is 16.7 Å². The van der Waals surface area contributed by atoms with E-state index >= 15 is 0 Å². The van der Waals surface area contributed by atoms with Crippen LogP contribution in [0.3, 0.4) is 0 Å². The van der Waals surface area contributed by atoms with Gasteiger partial charge in [-0.2, -0.15) is 0 Å². The van der Waals surface area contributed by atoms with Crippen LogP contribution in [0.15, 0.2) is 140 Å². The van der Waals surface area contributed by atoms with Crippen LogP contribution in [0.4, 0.5) is 0 Å². The highest BCUT2D eigenvalue weighted by molar-refractivity contribution is 6.25. The molecule has 48 heavy (non-hydrogen) atoms. The lowest BCUT2D eigenvalue weighted by Crippen LogP contribution is -2.11. The highest BCUT2D eigenvalue weighted by atomic mass is 14.8. The van der Waals surface area contributed by atoms with Gasteiger partial charge >= 0.3 is 0 Å². The second kappa shape index (κ2) is 11.3. The molecule has 0 saturated heterocycles. The number of para-hydroxylation sites is 2. The molecule has 0 aliphatic carbocycles. The lowest BCUT2D eigenvalue weighted by molar-refractivity contribution is 0.986. The first-order valence-electron chi connectivity index (χ1n) is 16.4. The zero-order chi connectivity index (χ0) is 32.2. The first kappa shape index (κ1) is 28.1. The molecular formula is C44H32N4. The van der Waals surface area contributed by atoms with Crippen molar-refractivity contribution < 1.29 is 0 Å². The first-order valence-corrected chi connectivity index (χ1v) is 16.4. The molecule has 1 aliphatic heterocycles. The summed E-state index contributed by atoms with van der Waals surface area (Å²) in [4.78, 5) is 15.2. The van der Waals surface area contributed by atoms with Gasteiger partial charge in [-0.15, -0.1) is 0 Å². The van der Waals surface area contributed by atoms with Crippen molar-refractivity contribution in [3.63, 3.8) is 0 Å². The molecule has 8 aromatic rings. The molecule has 1 aliphatic rings. The zero-order valence-corrected chi connectivity index (χ0v) is 26.8. The second-order valence-electron chi connectivity index (χ2n) is 12.5. The quantitative estimate of drug-likeness (QED) is 0.158. The molecule has 0 unspecified atom stereocenters. The van der Waals surface area contributed by atoms with Crippen LogP contribution in [0.2, 0.25) is 0 Å². The molecule has 228 valence electrons. The summed E-state index contributed by atoms with van der Waals surface area (Å²) in [5.74, 6) is 0. The van der Waals surface area contributed by atoms with E-state index in [0.29, 0.717) is 0 Å². The van der Waals surface area contributed by atoms with Gasteiger partial charge in [0, 0.05) is 57.2 Å². The van der Waals surface area contributed by atoms with Crippen molar-refractivity contribution in [2.45, 2.75) is 13.8 Å². The van der Waals surface area contributed by atoms with E-state index < -0.39 is 0 Å². The Kier molecular flexibility index (Phi) is 6.61. The van der Waals surface area contributed by atoms with E-state index in [4.69, 9.17) is 9.97 Å². The Labute approximate surface area is 279 Å². The van der Waals surface area contributed by atoms with E-state index in [2.05, 4.69) is 139 Å². The maximum absolute atomic E-state index is 5.40. The zero-order valence-electron chi connectivity index (χ0n) is 26.8. The summed E-state index contributed by atoms with van der Waals surface area (Å²) in [7, 11) is 0. The average molecular weight is 617 g/mol. The number of benzene rings is 5. The van der Waals surface area contributed by atoms with E-state index in [1.807, 2.05) is 24.7 Å². The molecule has 1 N–H and O–H groups in total. The average Bonchev–Trinajstić information content (AvgIpc) is 3.16. The van der Waals surface area contributed by atoms with Crippen molar-refractivity contribution in [3.8, 4) is 33.6 Å². The number of aryl methyl sites for hydroxylation is 2. The number of hydrogen-bond acceptors (Lipinski definition) is 4. The molecule has 0 saturated carbocycles.